The Labute approximate surface area is 124 Å². The summed E-state index contributed by atoms with van der Waals surface area (Å²) >= 11 is 6.06. The van der Waals surface area contributed by atoms with Crippen molar-refractivity contribution in [1.82, 2.24) is 9.97 Å². The first-order valence-electron chi connectivity index (χ1n) is 6.70. The smallest absolute Gasteiger partial charge is 0.143 e. The first-order valence-corrected chi connectivity index (χ1v) is 7.08. The highest BCUT2D eigenvalue weighted by atomic mass is 35.5. The number of benzene rings is 1. The van der Waals surface area contributed by atoms with Crippen LogP contribution >= 0.6 is 11.6 Å². The normalized spacial score (nSPS) is 10.6. The van der Waals surface area contributed by atoms with Gasteiger partial charge < -0.3 is 10.0 Å². The number of halogens is 1. The van der Waals surface area contributed by atoms with E-state index in [1.807, 2.05) is 30.3 Å². The van der Waals surface area contributed by atoms with Crippen LogP contribution in [0.25, 0.3) is 0 Å². The molecule has 0 spiro atoms. The average molecular weight is 292 g/mol. The summed E-state index contributed by atoms with van der Waals surface area (Å²) in [6.07, 6.45) is 3.54. The SMILES string of the molecule is CCCCN(c1ccccc1)c1ncnc(Cl)c1CO. The second kappa shape index (κ2) is 7.22. The molecular formula is C15H18ClN3O. The molecule has 1 aromatic carbocycles. The van der Waals surface area contributed by atoms with E-state index in [-0.39, 0.29) is 6.61 Å². The van der Waals surface area contributed by atoms with Gasteiger partial charge in [-0.05, 0) is 18.6 Å². The van der Waals surface area contributed by atoms with Crippen LogP contribution in [0.15, 0.2) is 36.7 Å². The Bertz CT molecular complexity index is 548. The van der Waals surface area contributed by atoms with E-state index in [4.69, 9.17) is 11.6 Å². The molecule has 2 rings (SSSR count). The molecule has 2 aromatic rings. The van der Waals surface area contributed by atoms with Gasteiger partial charge in [0, 0.05) is 12.2 Å². The largest absolute Gasteiger partial charge is 0.391 e. The number of unbranched alkanes of at least 4 members (excludes halogenated alkanes) is 1. The Morgan fingerprint density at radius 3 is 2.60 bits per heavy atom. The molecule has 5 heteroatoms. The molecule has 0 bridgehead atoms. The van der Waals surface area contributed by atoms with Gasteiger partial charge in [-0.25, -0.2) is 9.97 Å². The third-order valence-corrected chi connectivity index (χ3v) is 3.41. The number of hydrogen-bond acceptors (Lipinski definition) is 4. The summed E-state index contributed by atoms with van der Waals surface area (Å²) in [4.78, 5) is 10.3. The van der Waals surface area contributed by atoms with Crippen molar-refractivity contribution >= 4 is 23.1 Å². The van der Waals surface area contributed by atoms with E-state index in [0.717, 1.165) is 25.1 Å². The molecule has 0 aliphatic rings. The molecule has 106 valence electrons. The standard InChI is InChI=1S/C15H18ClN3O/c1-2-3-9-19(12-7-5-4-6-8-12)15-13(10-20)14(16)17-11-18-15/h4-8,11,20H,2-3,9-10H2,1H3. The van der Waals surface area contributed by atoms with Crippen molar-refractivity contribution in [3.8, 4) is 0 Å². The summed E-state index contributed by atoms with van der Waals surface area (Å²) in [5.74, 6) is 0.673. The number of anilines is 2. The van der Waals surface area contributed by atoms with Crippen molar-refractivity contribution in [1.29, 1.82) is 0 Å². The zero-order valence-electron chi connectivity index (χ0n) is 11.5. The second-order valence-electron chi connectivity index (χ2n) is 4.47. The van der Waals surface area contributed by atoms with Crippen molar-refractivity contribution in [2.24, 2.45) is 0 Å². The molecule has 4 nitrogen and oxygen atoms in total. The maximum Gasteiger partial charge on any atom is 0.143 e. The van der Waals surface area contributed by atoms with Crippen molar-refractivity contribution in [3.63, 3.8) is 0 Å². The summed E-state index contributed by atoms with van der Waals surface area (Å²) in [7, 11) is 0. The minimum atomic E-state index is -0.176. The predicted octanol–water partition coefficient (Wildman–Crippen LogP) is 3.56. The average Bonchev–Trinajstić information content (AvgIpc) is 2.49. The van der Waals surface area contributed by atoms with Crippen molar-refractivity contribution in [3.05, 3.63) is 47.4 Å². The molecule has 0 fully saturated rings. The maximum atomic E-state index is 9.53. The quantitative estimate of drug-likeness (QED) is 0.827. The molecule has 0 saturated carbocycles. The molecule has 1 N–H and O–H groups in total. The molecule has 0 amide bonds. The Morgan fingerprint density at radius 2 is 1.95 bits per heavy atom. The van der Waals surface area contributed by atoms with E-state index < -0.39 is 0 Å². The molecule has 0 saturated heterocycles. The summed E-state index contributed by atoms with van der Waals surface area (Å²) in [6, 6.07) is 9.98. The van der Waals surface area contributed by atoms with Crippen LogP contribution in [0.4, 0.5) is 11.5 Å². The van der Waals surface area contributed by atoms with E-state index in [9.17, 15) is 5.11 Å². The lowest BCUT2D eigenvalue weighted by atomic mass is 10.2. The van der Waals surface area contributed by atoms with Gasteiger partial charge in [0.15, 0.2) is 0 Å². The third-order valence-electron chi connectivity index (χ3n) is 3.09. The van der Waals surface area contributed by atoms with Crippen molar-refractivity contribution in [2.75, 3.05) is 11.4 Å². The Balaban J connectivity index is 2.44. The minimum absolute atomic E-state index is 0.176. The van der Waals surface area contributed by atoms with Gasteiger partial charge >= 0.3 is 0 Å². The first kappa shape index (κ1) is 14.8. The monoisotopic (exact) mass is 291 g/mol. The Kier molecular flexibility index (Phi) is 5.32. The van der Waals surface area contributed by atoms with E-state index in [1.54, 1.807) is 0 Å². The molecule has 1 aromatic heterocycles. The Morgan fingerprint density at radius 1 is 1.20 bits per heavy atom. The fourth-order valence-electron chi connectivity index (χ4n) is 2.03. The van der Waals surface area contributed by atoms with E-state index in [2.05, 4.69) is 21.8 Å². The molecule has 0 radical (unpaired) electrons. The summed E-state index contributed by atoms with van der Waals surface area (Å²) < 4.78 is 0. The number of aliphatic hydroxyl groups is 1. The summed E-state index contributed by atoms with van der Waals surface area (Å²) in [6.45, 7) is 2.79. The van der Waals surface area contributed by atoms with Crippen LogP contribution < -0.4 is 4.90 Å². The van der Waals surface area contributed by atoms with Gasteiger partial charge in [-0.3, -0.25) is 0 Å². The molecule has 0 atom stereocenters. The van der Waals surface area contributed by atoms with Gasteiger partial charge in [0.25, 0.3) is 0 Å². The number of aliphatic hydroxyl groups excluding tert-OH is 1. The van der Waals surface area contributed by atoms with Crippen LogP contribution in [0.3, 0.4) is 0 Å². The number of rotatable bonds is 6. The predicted molar refractivity (Wildman–Crippen MR) is 81.3 cm³/mol. The first-order chi connectivity index (χ1) is 9.77. The molecule has 0 aliphatic heterocycles. The van der Waals surface area contributed by atoms with Crippen LogP contribution in [-0.2, 0) is 6.61 Å². The number of aromatic nitrogens is 2. The molecule has 1 heterocycles. The van der Waals surface area contributed by atoms with E-state index in [1.165, 1.54) is 6.33 Å². The molecule has 0 aliphatic carbocycles. The maximum absolute atomic E-state index is 9.53. The van der Waals surface area contributed by atoms with Gasteiger partial charge in [0.1, 0.15) is 17.3 Å². The van der Waals surface area contributed by atoms with Crippen LogP contribution in [-0.4, -0.2) is 21.6 Å². The zero-order valence-corrected chi connectivity index (χ0v) is 12.2. The van der Waals surface area contributed by atoms with Crippen molar-refractivity contribution < 1.29 is 5.11 Å². The highest BCUT2D eigenvalue weighted by molar-refractivity contribution is 6.30. The summed E-state index contributed by atoms with van der Waals surface area (Å²) in [5.41, 5.74) is 1.60. The van der Waals surface area contributed by atoms with Crippen LogP contribution in [0.5, 0.6) is 0 Å². The van der Waals surface area contributed by atoms with Gasteiger partial charge in [-0.15, -0.1) is 0 Å². The van der Waals surface area contributed by atoms with E-state index >= 15 is 0 Å². The van der Waals surface area contributed by atoms with Gasteiger partial charge in [-0.1, -0.05) is 43.1 Å². The highest BCUT2D eigenvalue weighted by Crippen LogP contribution is 2.29. The second-order valence-corrected chi connectivity index (χ2v) is 4.82. The lowest BCUT2D eigenvalue weighted by Crippen LogP contribution is -2.21. The number of para-hydroxylation sites is 1. The number of nitrogens with zero attached hydrogens (tertiary/aromatic N) is 3. The van der Waals surface area contributed by atoms with Crippen LogP contribution in [0.2, 0.25) is 5.15 Å². The molecular weight excluding hydrogens is 274 g/mol. The lowest BCUT2D eigenvalue weighted by molar-refractivity contribution is 0.281. The lowest BCUT2D eigenvalue weighted by Gasteiger charge is -2.25. The molecule has 0 unspecified atom stereocenters. The fraction of sp³-hybridized carbons (Fsp3) is 0.333. The van der Waals surface area contributed by atoms with Gasteiger partial charge in [-0.2, -0.15) is 0 Å². The van der Waals surface area contributed by atoms with E-state index in [0.29, 0.717) is 16.5 Å². The van der Waals surface area contributed by atoms with Crippen molar-refractivity contribution in [2.45, 2.75) is 26.4 Å². The fourth-order valence-corrected chi connectivity index (χ4v) is 2.22. The molecule has 20 heavy (non-hydrogen) atoms. The summed E-state index contributed by atoms with van der Waals surface area (Å²) in [5, 5.41) is 9.83. The number of hydrogen-bond donors (Lipinski definition) is 1. The Hall–Kier alpha value is -1.65. The van der Waals surface area contributed by atoms with Gasteiger partial charge in [0.2, 0.25) is 0 Å². The minimum Gasteiger partial charge on any atom is -0.391 e. The zero-order chi connectivity index (χ0) is 14.4. The third kappa shape index (κ3) is 3.26. The topological polar surface area (TPSA) is 49.2 Å². The van der Waals surface area contributed by atoms with Gasteiger partial charge in [0.05, 0.1) is 12.2 Å². The highest BCUT2D eigenvalue weighted by Gasteiger charge is 2.17. The van der Waals surface area contributed by atoms with Crippen LogP contribution in [0, 0.1) is 0 Å². The van der Waals surface area contributed by atoms with Crippen LogP contribution in [0.1, 0.15) is 25.3 Å².